The molecular formula is C9H11ClN2O5S. The van der Waals surface area contributed by atoms with E-state index in [2.05, 4.69) is 9.71 Å². The highest BCUT2D eigenvalue weighted by atomic mass is 35.5. The monoisotopic (exact) mass is 294 g/mol. The second-order valence-electron chi connectivity index (χ2n) is 3.41. The first kappa shape index (κ1) is 14.7. The summed E-state index contributed by atoms with van der Waals surface area (Å²) in [6.45, 7) is -0.00855. The molecule has 18 heavy (non-hydrogen) atoms. The zero-order valence-corrected chi connectivity index (χ0v) is 10.7. The quantitative estimate of drug-likeness (QED) is 0.647. The van der Waals surface area contributed by atoms with Crippen LogP contribution < -0.4 is 10.3 Å². The highest BCUT2D eigenvalue weighted by Crippen LogP contribution is 2.10. The fraction of sp³-hybridized carbons (Fsp3) is 0.333. The van der Waals surface area contributed by atoms with Crippen molar-refractivity contribution in [3.05, 3.63) is 27.6 Å². The summed E-state index contributed by atoms with van der Waals surface area (Å²) in [6.07, 6.45) is 1.06. The molecule has 0 saturated carbocycles. The Bertz CT molecular complexity index is 595. The van der Waals surface area contributed by atoms with Crippen molar-refractivity contribution in [3.63, 3.8) is 0 Å². The Kier molecular flexibility index (Phi) is 4.88. The van der Waals surface area contributed by atoms with Crippen molar-refractivity contribution in [1.29, 1.82) is 0 Å². The van der Waals surface area contributed by atoms with Gasteiger partial charge in [0.1, 0.15) is 5.02 Å². The fourth-order valence-electron chi connectivity index (χ4n) is 1.12. The van der Waals surface area contributed by atoms with Crippen LogP contribution in [0, 0.1) is 0 Å². The van der Waals surface area contributed by atoms with E-state index < -0.39 is 21.6 Å². The number of nitrogens with one attached hydrogen (secondary N) is 2. The second kappa shape index (κ2) is 5.98. The minimum Gasteiger partial charge on any atom is -0.481 e. The van der Waals surface area contributed by atoms with Crippen molar-refractivity contribution in [2.45, 2.75) is 17.7 Å². The lowest BCUT2D eigenvalue weighted by Crippen LogP contribution is -2.26. The van der Waals surface area contributed by atoms with Crippen molar-refractivity contribution in [2.24, 2.45) is 0 Å². The predicted octanol–water partition coefficient (Wildman–Crippen LogP) is 0.171. The highest BCUT2D eigenvalue weighted by molar-refractivity contribution is 7.89. The van der Waals surface area contributed by atoms with Gasteiger partial charge in [-0.3, -0.25) is 9.59 Å². The lowest BCUT2D eigenvalue weighted by Gasteiger charge is -2.05. The molecule has 0 unspecified atom stereocenters. The standard InChI is InChI=1S/C9H11ClN2O5S/c10-7-4-6(5-11-9(7)15)18(16,17)12-3-1-2-8(13)14/h4-5,12H,1-3H2,(H,11,15)(H,13,14). The molecule has 0 atom stereocenters. The van der Waals surface area contributed by atoms with Crippen LogP contribution in [-0.4, -0.2) is 31.0 Å². The van der Waals surface area contributed by atoms with Gasteiger partial charge in [0.25, 0.3) is 5.56 Å². The first-order valence-corrected chi connectivity index (χ1v) is 6.79. The average Bonchev–Trinajstić information content (AvgIpc) is 2.28. The molecule has 1 aromatic rings. The Hall–Kier alpha value is -1.38. The van der Waals surface area contributed by atoms with Gasteiger partial charge in [0.15, 0.2) is 0 Å². The number of carbonyl (C=O) groups is 1. The van der Waals surface area contributed by atoms with Gasteiger partial charge in [-0.25, -0.2) is 13.1 Å². The zero-order chi connectivity index (χ0) is 13.8. The summed E-state index contributed by atoms with van der Waals surface area (Å²) < 4.78 is 25.6. The van der Waals surface area contributed by atoms with Crippen molar-refractivity contribution >= 4 is 27.6 Å². The third-order valence-electron chi connectivity index (χ3n) is 2.00. The number of pyridine rings is 1. The second-order valence-corrected chi connectivity index (χ2v) is 5.58. The molecule has 0 fully saturated rings. The number of hydrogen-bond donors (Lipinski definition) is 3. The van der Waals surface area contributed by atoms with Gasteiger partial charge in [-0.15, -0.1) is 0 Å². The number of carboxylic acids is 1. The maximum absolute atomic E-state index is 11.7. The number of aromatic amines is 1. The molecule has 0 aliphatic rings. The molecule has 0 spiro atoms. The van der Waals surface area contributed by atoms with Gasteiger partial charge in [-0.05, 0) is 12.5 Å². The van der Waals surface area contributed by atoms with E-state index in [1.54, 1.807) is 0 Å². The van der Waals surface area contributed by atoms with E-state index in [0.717, 1.165) is 12.3 Å². The van der Waals surface area contributed by atoms with Gasteiger partial charge in [0, 0.05) is 19.2 Å². The lowest BCUT2D eigenvalue weighted by molar-refractivity contribution is -0.137. The molecule has 100 valence electrons. The largest absolute Gasteiger partial charge is 0.481 e. The third kappa shape index (κ3) is 4.13. The Morgan fingerprint density at radius 1 is 1.50 bits per heavy atom. The summed E-state index contributed by atoms with van der Waals surface area (Å²) in [6, 6.07) is 1.03. The van der Waals surface area contributed by atoms with E-state index >= 15 is 0 Å². The Labute approximate surface area is 108 Å². The number of carboxylic acid groups (broad SMARTS) is 1. The number of hydrogen-bond acceptors (Lipinski definition) is 4. The molecule has 9 heteroatoms. The summed E-state index contributed by atoms with van der Waals surface area (Å²) in [5.41, 5.74) is -0.582. The number of aliphatic carboxylic acids is 1. The molecule has 0 bridgehead atoms. The molecule has 0 aromatic carbocycles. The first-order valence-electron chi connectivity index (χ1n) is 4.92. The Balaban J connectivity index is 2.71. The maximum Gasteiger partial charge on any atom is 0.303 e. The molecule has 3 N–H and O–H groups in total. The van der Waals surface area contributed by atoms with E-state index in [-0.39, 0.29) is 29.3 Å². The van der Waals surface area contributed by atoms with E-state index in [0.29, 0.717) is 0 Å². The molecule has 1 heterocycles. The number of halogens is 1. The van der Waals surface area contributed by atoms with E-state index in [1.807, 2.05) is 0 Å². The molecule has 7 nitrogen and oxygen atoms in total. The van der Waals surface area contributed by atoms with Crippen LogP contribution in [0.4, 0.5) is 0 Å². The van der Waals surface area contributed by atoms with Crippen molar-refractivity contribution in [1.82, 2.24) is 9.71 Å². The van der Waals surface area contributed by atoms with Crippen LogP contribution in [-0.2, 0) is 14.8 Å². The van der Waals surface area contributed by atoms with E-state index in [9.17, 15) is 18.0 Å². The minimum absolute atomic E-state index is 0.00855. The van der Waals surface area contributed by atoms with E-state index in [4.69, 9.17) is 16.7 Å². The van der Waals surface area contributed by atoms with Gasteiger partial charge in [-0.2, -0.15) is 0 Å². The van der Waals surface area contributed by atoms with Crippen LogP contribution in [0.1, 0.15) is 12.8 Å². The molecule has 0 radical (unpaired) electrons. The fourth-order valence-corrected chi connectivity index (χ4v) is 2.43. The van der Waals surface area contributed by atoms with Crippen LogP contribution in [0.15, 0.2) is 22.0 Å². The van der Waals surface area contributed by atoms with Gasteiger partial charge < -0.3 is 10.1 Å². The molecular weight excluding hydrogens is 284 g/mol. The van der Waals surface area contributed by atoms with Gasteiger partial charge in [-0.1, -0.05) is 11.6 Å². The summed E-state index contributed by atoms with van der Waals surface area (Å²) in [5, 5.41) is 8.16. The third-order valence-corrected chi connectivity index (χ3v) is 3.72. The van der Waals surface area contributed by atoms with Crippen molar-refractivity contribution in [3.8, 4) is 0 Å². The van der Waals surface area contributed by atoms with Gasteiger partial charge in [0.2, 0.25) is 10.0 Å². The number of rotatable bonds is 6. The Morgan fingerprint density at radius 2 is 2.17 bits per heavy atom. The first-order chi connectivity index (χ1) is 8.33. The zero-order valence-electron chi connectivity index (χ0n) is 9.14. The molecule has 0 aliphatic heterocycles. The van der Waals surface area contributed by atoms with Crippen LogP contribution >= 0.6 is 11.6 Å². The minimum atomic E-state index is -3.79. The number of aromatic nitrogens is 1. The summed E-state index contributed by atoms with van der Waals surface area (Å²) in [4.78, 5) is 23.2. The molecule has 0 saturated heterocycles. The van der Waals surface area contributed by atoms with Crippen molar-refractivity contribution in [2.75, 3.05) is 6.54 Å². The Morgan fingerprint density at radius 3 is 2.72 bits per heavy atom. The van der Waals surface area contributed by atoms with Crippen LogP contribution in [0.2, 0.25) is 5.02 Å². The topological polar surface area (TPSA) is 116 Å². The SMILES string of the molecule is O=C(O)CCCNS(=O)(=O)c1c[nH]c(=O)c(Cl)c1. The maximum atomic E-state index is 11.7. The van der Waals surface area contributed by atoms with Gasteiger partial charge in [0.05, 0.1) is 4.90 Å². The molecule has 1 rings (SSSR count). The summed E-state index contributed by atoms with van der Waals surface area (Å²) >= 11 is 5.51. The molecule has 0 amide bonds. The number of H-pyrrole nitrogens is 1. The summed E-state index contributed by atoms with van der Waals surface area (Å²) in [5.74, 6) is -0.999. The lowest BCUT2D eigenvalue weighted by atomic mass is 10.3. The van der Waals surface area contributed by atoms with Crippen LogP contribution in [0.3, 0.4) is 0 Å². The predicted molar refractivity (Wildman–Crippen MR) is 64.1 cm³/mol. The van der Waals surface area contributed by atoms with Gasteiger partial charge >= 0.3 is 5.97 Å². The highest BCUT2D eigenvalue weighted by Gasteiger charge is 2.15. The molecule has 0 aliphatic carbocycles. The van der Waals surface area contributed by atoms with Crippen LogP contribution in [0.5, 0.6) is 0 Å². The summed E-state index contributed by atoms with van der Waals surface area (Å²) in [7, 11) is -3.79. The van der Waals surface area contributed by atoms with E-state index in [1.165, 1.54) is 0 Å². The number of sulfonamides is 1. The smallest absolute Gasteiger partial charge is 0.303 e. The average molecular weight is 295 g/mol. The molecule has 1 aromatic heterocycles. The van der Waals surface area contributed by atoms with Crippen molar-refractivity contribution < 1.29 is 18.3 Å². The normalized spacial score (nSPS) is 11.4. The van der Waals surface area contributed by atoms with Crippen LogP contribution in [0.25, 0.3) is 0 Å².